The lowest BCUT2D eigenvalue weighted by molar-refractivity contribution is -0.134. The van der Waals surface area contributed by atoms with Gasteiger partial charge in [-0.1, -0.05) is 41.9 Å². The predicted octanol–water partition coefficient (Wildman–Crippen LogP) is 5.97. The van der Waals surface area contributed by atoms with Crippen molar-refractivity contribution >= 4 is 23.4 Å². The van der Waals surface area contributed by atoms with Crippen LogP contribution >= 0.6 is 11.6 Å². The Kier molecular flexibility index (Phi) is 8.44. The summed E-state index contributed by atoms with van der Waals surface area (Å²) in [6, 6.07) is 19.6. The average molecular weight is 527 g/mol. The Balaban J connectivity index is 1.54. The zero-order valence-electron chi connectivity index (χ0n) is 20.6. The lowest BCUT2D eigenvalue weighted by atomic mass is 9.77. The highest BCUT2D eigenvalue weighted by atomic mass is 35.5. The lowest BCUT2D eigenvalue weighted by Gasteiger charge is -2.43. The summed E-state index contributed by atoms with van der Waals surface area (Å²) in [6.45, 7) is 1.26. The molecule has 1 saturated heterocycles. The molecule has 0 spiro atoms. The fourth-order valence-electron chi connectivity index (χ4n) is 4.70. The van der Waals surface area contributed by atoms with Gasteiger partial charge in [0, 0.05) is 49.6 Å². The smallest absolute Gasteiger partial charge is 0.256 e. The van der Waals surface area contributed by atoms with E-state index in [2.05, 4.69) is 0 Å². The van der Waals surface area contributed by atoms with Crippen molar-refractivity contribution in [2.24, 2.45) is 5.41 Å². The SMILES string of the molecule is CN(Cc1ccccc1)C(=O)CC1(COc2ccc(Cl)cc2)CCCN(C(=O)c2ccc(F)cc2F)C1. The second-order valence-corrected chi connectivity index (χ2v) is 10.0. The van der Waals surface area contributed by atoms with E-state index in [0.29, 0.717) is 42.8 Å². The number of benzene rings is 3. The third-order valence-corrected chi connectivity index (χ3v) is 6.94. The summed E-state index contributed by atoms with van der Waals surface area (Å²) in [7, 11) is 1.75. The highest BCUT2D eigenvalue weighted by molar-refractivity contribution is 6.30. The maximum absolute atomic E-state index is 14.4. The monoisotopic (exact) mass is 526 g/mol. The zero-order valence-corrected chi connectivity index (χ0v) is 21.4. The summed E-state index contributed by atoms with van der Waals surface area (Å²) in [5.74, 6) is -1.66. The molecular weight excluding hydrogens is 498 g/mol. The minimum atomic E-state index is -0.905. The maximum atomic E-state index is 14.4. The molecule has 1 fully saturated rings. The van der Waals surface area contributed by atoms with Crippen LogP contribution in [0.2, 0.25) is 5.02 Å². The first-order chi connectivity index (χ1) is 17.7. The first-order valence-corrected chi connectivity index (χ1v) is 12.5. The number of nitrogens with zero attached hydrogens (tertiary/aromatic N) is 2. The van der Waals surface area contributed by atoms with Crippen molar-refractivity contribution in [3.63, 3.8) is 0 Å². The molecule has 3 aromatic rings. The van der Waals surface area contributed by atoms with Crippen LogP contribution in [0, 0.1) is 17.0 Å². The van der Waals surface area contributed by atoms with Gasteiger partial charge in [0.2, 0.25) is 5.91 Å². The van der Waals surface area contributed by atoms with Gasteiger partial charge in [-0.2, -0.15) is 0 Å². The Morgan fingerprint density at radius 2 is 1.78 bits per heavy atom. The van der Waals surface area contributed by atoms with E-state index >= 15 is 0 Å². The highest BCUT2D eigenvalue weighted by Crippen LogP contribution is 2.36. The number of likely N-dealkylation sites (tertiary alicyclic amines) is 1. The number of amides is 2. The molecular formula is C29H29ClF2N2O3. The molecule has 8 heteroatoms. The Morgan fingerprint density at radius 1 is 1.05 bits per heavy atom. The molecule has 1 aliphatic heterocycles. The van der Waals surface area contributed by atoms with Crippen molar-refractivity contribution < 1.29 is 23.1 Å². The van der Waals surface area contributed by atoms with E-state index in [1.54, 1.807) is 36.2 Å². The minimum Gasteiger partial charge on any atom is -0.493 e. The summed E-state index contributed by atoms with van der Waals surface area (Å²) in [5, 5.41) is 0.579. The molecule has 194 valence electrons. The predicted molar refractivity (Wildman–Crippen MR) is 138 cm³/mol. The van der Waals surface area contributed by atoms with Crippen molar-refractivity contribution in [3.05, 3.63) is 101 Å². The third kappa shape index (κ3) is 6.86. The van der Waals surface area contributed by atoms with Gasteiger partial charge in [-0.25, -0.2) is 8.78 Å². The number of carbonyl (C=O) groups is 2. The molecule has 0 bridgehead atoms. The van der Waals surface area contributed by atoms with Crippen LogP contribution in [0.1, 0.15) is 35.2 Å². The van der Waals surface area contributed by atoms with Crippen LogP contribution in [-0.4, -0.2) is 48.4 Å². The molecule has 0 radical (unpaired) electrons. The number of hydrogen-bond acceptors (Lipinski definition) is 3. The molecule has 3 aromatic carbocycles. The Labute approximate surface area is 220 Å². The van der Waals surface area contributed by atoms with Crippen molar-refractivity contribution in [1.82, 2.24) is 9.80 Å². The Morgan fingerprint density at radius 3 is 2.49 bits per heavy atom. The quantitative estimate of drug-likeness (QED) is 0.363. The van der Waals surface area contributed by atoms with E-state index in [9.17, 15) is 18.4 Å². The number of halogens is 3. The second-order valence-electron chi connectivity index (χ2n) is 9.61. The lowest BCUT2D eigenvalue weighted by Crippen LogP contribution is -2.50. The molecule has 5 nitrogen and oxygen atoms in total. The number of carbonyl (C=O) groups excluding carboxylic acids is 2. The molecule has 0 aromatic heterocycles. The fraction of sp³-hybridized carbons (Fsp3) is 0.310. The molecule has 0 saturated carbocycles. The first kappa shape index (κ1) is 26.6. The number of rotatable bonds is 8. The largest absolute Gasteiger partial charge is 0.493 e. The van der Waals surface area contributed by atoms with Crippen LogP contribution in [-0.2, 0) is 11.3 Å². The Hall–Kier alpha value is -3.45. The average Bonchev–Trinajstić information content (AvgIpc) is 2.89. The van der Waals surface area contributed by atoms with Crippen LogP contribution < -0.4 is 4.74 Å². The van der Waals surface area contributed by atoms with Crippen molar-refractivity contribution in [3.8, 4) is 5.75 Å². The van der Waals surface area contributed by atoms with Gasteiger partial charge in [0.05, 0.1) is 12.2 Å². The molecule has 1 aliphatic rings. The minimum absolute atomic E-state index is 0.0779. The van der Waals surface area contributed by atoms with Crippen molar-refractivity contribution in [1.29, 1.82) is 0 Å². The van der Waals surface area contributed by atoms with Gasteiger partial charge in [-0.05, 0) is 54.8 Å². The topological polar surface area (TPSA) is 49.9 Å². The van der Waals surface area contributed by atoms with Gasteiger partial charge in [-0.3, -0.25) is 9.59 Å². The van der Waals surface area contributed by atoms with Gasteiger partial charge in [0.15, 0.2) is 0 Å². The molecule has 1 atom stereocenters. The van der Waals surface area contributed by atoms with Crippen molar-refractivity contribution in [2.45, 2.75) is 25.8 Å². The molecule has 1 unspecified atom stereocenters. The summed E-state index contributed by atoms with van der Waals surface area (Å²) in [4.78, 5) is 29.8. The van der Waals surface area contributed by atoms with Gasteiger partial charge in [0.25, 0.3) is 5.91 Å². The molecule has 2 amide bonds. The third-order valence-electron chi connectivity index (χ3n) is 6.68. The molecule has 4 rings (SSSR count). The van der Waals surface area contributed by atoms with E-state index in [-0.39, 0.29) is 31.0 Å². The maximum Gasteiger partial charge on any atom is 0.256 e. The Bertz CT molecular complexity index is 1240. The van der Waals surface area contributed by atoms with Gasteiger partial charge in [-0.15, -0.1) is 0 Å². The van der Waals surface area contributed by atoms with Crippen LogP contribution in [0.3, 0.4) is 0 Å². The van der Waals surface area contributed by atoms with E-state index in [1.807, 2.05) is 30.3 Å². The second kappa shape index (κ2) is 11.7. The van der Waals surface area contributed by atoms with Crippen molar-refractivity contribution in [2.75, 3.05) is 26.7 Å². The van der Waals surface area contributed by atoms with E-state index in [0.717, 1.165) is 17.7 Å². The fourth-order valence-corrected chi connectivity index (χ4v) is 4.82. The molecule has 0 aliphatic carbocycles. The zero-order chi connectivity index (χ0) is 26.4. The van der Waals surface area contributed by atoms with Gasteiger partial charge in [0.1, 0.15) is 17.4 Å². The summed E-state index contributed by atoms with van der Waals surface area (Å²) in [6.07, 6.45) is 1.43. The van der Waals surface area contributed by atoms with Gasteiger partial charge < -0.3 is 14.5 Å². The number of piperidine rings is 1. The summed E-state index contributed by atoms with van der Waals surface area (Å²) < 4.78 is 33.9. The normalized spacial score (nSPS) is 17.4. The summed E-state index contributed by atoms with van der Waals surface area (Å²) in [5.41, 5.74) is 0.131. The molecule has 1 heterocycles. The number of hydrogen-bond donors (Lipinski definition) is 0. The first-order valence-electron chi connectivity index (χ1n) is 12.2. The van der Waals surface area contributed by atoms with E-state index in [1.165, 1.54) is 4.90 Å². The van der Waals surface area contributed by atoms with E-state index in [4.69, 9.17) is 16.3 Å². The van der Waals surface area contributed by atoms with Gasteiger partial charge >= 0.3 is 0 Å². The number of ether oxygens (including phenoxy) is 1. The van der Waals surface area contributed by atoms with Crippen LogP contribution in [0.25, 0.3) is 0 Å². The molecule has 0 N–H and O–H groups in total. The van der Waals surface area contributed by atoms with E-state index < -0.39 is 23.0 Å². The van der Waals surface area contributed by atoms with Crippen LogP contribution in [0.15, 0.2) is 72.8 Å². The standard InChI is InChI=1S/C29H29ClF2N2O3/c1-33(18-21-6-3-2-4-7-21)27(35)17-29(20-37-24-11-8-22(30)9-12-24)14-5-15-34(19-29)28(36)25-13-10-23(31)16-26(25)32/h2-4,6-13,16H,5,14-15,17-20H2,1H3. The highest BCUT2D eigenvalue weighted by Gasteiger charge is 2.41. The van der Waals surface area contributed by atoms with Crippen LogP contribution in [0.4, 0.5) is 8.78 Å². The molecule has 37 heavy (non-hydrogen) atoms. The van der Waals surface area contributed by atoms with Crippen LogP contribution in [0.5, 0.6) is 5.75 Å². The summed E-state index contributed by atoms with van der Waals surface area (Å²) >= 11 is 5.99.